The van der Waals surface area contributed by atoms with Crippen LogP contribution in [0.15, 0.2) is 59.7 Å². The van der Waals surface area contributed by atoms with Crippen LogP contribution in [0.25, 0.3) is 16.7 Å². The number of anilines is 3. The number of aromatic nitrogens is 3. The molecule has 2 aliphatic rings. The fourth-order valence-corrected chi connectivity index (χ4v) is 5.48. The van der Waals surface area contributed by atoms with E-state index < -0.39 is 11.3 Å². The molecule has 1 atom stereocenters. The number of fused-ring (bicyclic) bond motifs is 2. The standard InChI is InChI=1S/C28H28N6O3/c29-26(37)24-15-34(21-9-6-17-3-1-4-18(17)13-21)27-23(25(24)36)14-30-28(32-27)31-19-7-10-20(11-8-19)33-12-2-5-22(33)16-35/h6-11,13-15,22,35H,1-5,12,16H2,(H2,29,37)(H,30,31,32)/t22-/m0/s1. The van der Waals surface area contributed by atoms with Crippen molar-refractivity contribution in [2.24, 2.45) is 5.73 Å². The summed E-state index contributed by atoms with van der Waals surface area (Å²) in [5.74, 6) is -0.457. The van der Waals surface area contributed by atoms with Crippen LogP contribution in [0.5, 0.6) is 0 Å². The van der Waals surface area contributed by atoms with Crippen LogP contribution < -0.4 is 21.4 Å². The highest BCUT2D eigenvalue weighted by Crippen LogP contribution is 2.28. The number of aryl methyl sites for hydroxylation is 2. The number of aliphatic hydroxyl groups is 1. The van der Waals surface area contributed by atoms with Crippen LogP contribution in [0.1, 0.15) is 40.7 Å². The van der Waals surface area contributed by atoms with Crippen LogP contribution in [-0.4, -0.2) is 44.7 Å². The maximum Gasteiger partial charge on any atom is 0.254 e. The van der Waals surface area contributed by atoms with E-state index in [1.165, 1.54) is 23.5 Å². The predicted molar refractivity (Wildman–Crippen MR) is 143 cm³/mol. The van der Waals surface area contributed by atoms with Gasteiger partial charge in [-0.15, -0.1) is 0 Å². The SMILES string of the molecule is NC(=O)c1cn(-c2ccc3c(c2)CCC3)c2nc(Nc3ccc(N4CCC[C@H]4CO)cc3)ncc2c1=O. The molecule has 1 fully saturated rings. The molecule has 1 amide bonds. The van der Waals surface area contributed by atoms with Crippen molar-refractivity contribution in [2.45, 2.75) is 38.1 Å². The van der Waals surface area contributed by atoms with Gasteiger partial charge in [0.15, 0.2) is 5.65 Å². The first-order chi connectivity index (χ1) is 18.0. The number of carbonyl (C=O) groups excluding carboxylic acids is 1. The van der Waals surface area contributed by atoms with Gasteiger partial charge < -0.3 is 25.6 Å². The summed E-state index contributed by atoms with van der Waals surface area (Å²) in [6.45, 7) is 1.08. The van der Waals surface area contributed by atoms with Crippen molar-refractivity contribution in [1.29, 1.82) is 0 Å². The number of hydrogen-bond donors (Lipinski definition) is 3. The molecule has 2 aromatic carbocycles. The molecule has 4 aromatic rings. The van der Waals surface area contributed by atoms with Crippen molar-refractivity contribution in [1.82, 2.24) is 14.5 Å². The highest BCUT2D eigenvalue weighted by molar-refractivity contribution is 5.96. The number of nitrogens with one attached hydrogen (secondary N) is 1. The summed E-state index contributed by atoms with van der Waals surface area (Å²) in [7, 11) is 0. The molecule has 188 valence electrons. The Balaban J connectivity index is 1.38. The van der Waals surface area contributed by atoms with Gasteiger partial charge in [-0.2, -0.15) is 4.98 Å². The van der Waals surface area contributed by atoms with E-state index in [1.807, 2.05) is 30.3 Å². The lowest BCUT2D eigenvalue weighted by molar-refractivity contribution is 0.0999. The van der Waals surface area contributed by atoms with Gasteiger partial charge >= 0.3 is 0 Å². The zero-order valence-corrected chi connectivity index (χ0v) is 20.4. The van der Waals surface area contributed by atoms with Gasteiger partial charge in [0.05, 0.1) is 18.0 Å². The Kier molecular flexibility index (Phi) is 5.84. The zero-order chi connectivity index (χ0) is 25.5. The molecule has 0 radical (unpaired) electrons. The molecular formula is C28H28N6O3. The van der Waals surface area contributed by atoms with Crippen molar-refractivity contribution in [3.05, 3.63) is 81.8 Å². The highest BCUT2D eigenvalue weighted by atomic mass is 16.3. The van der Waals surface area contributed by atoms with Gasteiger partial charge in [-0.1, -0.05) is 6.07 Å². The van der Waals surface area contributed by atoms with E-state index in [2.05, 4.69) is 32.3 Å². The number of rotatable bonds is 6. The van der Waals surface area contributed by atoms with Crippen LogP contribution in [0.4, 0.5) is 17.3 Å². The van der Waals surface area contributed by atoms with Gasteiger partial charge in [0.25, 0.3) is 5.91 Å². The Morgan fingerprint density at radius 1 is 1.08 bits per heavy atom. The molecule has 9 heteroatoms. The molecule has 0 spiro atoms. The fourth-order valence-electron chi connectivity index (χ4n) is 5.48. The van der Waals surface area contributed by atoms with Gasteiger partial charge in [-0.3, -0.25) is 9.59 Å². The first kappa shape index (κ1) is 23.2. The first-order valence-corrected chi connectivity index (χ1v) is 12.6. The van der Waals surface area contributed by atoms with Crippen LogP contribution >= 0.6 is 0 Å². The Bertz CT molecular complexity index is 1560. The van der Waals surface area contributed by atoms with Gasteiger partial charge in [0, 0.05) is 36.0 Å². The van der Waals surface area contributed by atoms with E-state index in [0.717, 1.165) is 55.7 Å². The number of carbonyl (C=O) groups is 1. The van der Waals surface area contributed by atoms with Crippen LogP contribution in [-0.2, 0) is 12.8 Å². The van der Waals surface area contributed by atoms with Crippen LogP contribution in [0.2, 0.25) is 0 Å². The lowest BCUT2D eigenvalue weighted by atomic mass is 10.1. The number of amides is 1. The smallest absolute Gasteiger partial charge is 0.254 e. The molecule has 0 unspecified atom stereocenters. The maximum atomic E-state index is 13.0. The molecule has 37 heavy (non-hydrogen) atoms. The molecule has 1 saturated heterocycles. The number of hydrogen-bond acceptors (Lipinski definition) is 7. The first-order valence-electron chi connectivity index (χ1n) is 12.6. The third-order valence-corrected chi connectivity index (χ3v) is 7.41. The number of nitrogens with two attached hydrogens (primary N) is 1. The van der Waals surface area contributed by atoms with Gasteiger partial charge in [-0.25, -0.2) is 4.98 Å². The second kappa shape index (κ2) is 9.33. The monoisotopic (exact) mass is 496 g/mol. The van der Waals surface area contributed by atoms with E-state index in [-0.39, 0.29) is 23.6 Å². The third kappa shape index (κ3) is 4.21. The summed E-state index contributed by atoms with van der Waals surface area (Å²) >= 11 is 0. The lowest BCUT2D eigenvalue weighted by Crippen LogP contribution is -2.31. The molecule has 0 bridgehead atoms. The predicted octanol–water partition coefficient (Wildman–Crippen LogP) is 3.07. The van der Waals surface area contributed by atoms with Crippen molar-refractivity contribution < 1.29 is 9.90 Å². The highest BCUT2D eigenvalue weighted by Gasteiger charge is 2.24. The Hall–Kier alpha value is -4.24. The van der Waals surface area contributed by atoms with Crippen LogP contribution in [0.3, 0.4) is 0 Å². The number of primary amides is 1. The van der Waals surface area contributed by atoms with E-state index >= 15 is 0 Å². The third-order valence-electron chi connectivity index (χ3n) is 7.41. The molecule has 3 heterocycles. The number of nitrogens with zero attached hydrogens (tertiary/aromatic N) is 4. The van der Waals surface area contributed by atoms with Crippen molar-refractivity contribution in [2.75, 3.05) is 23.4 Å². The molecule has 9 nitrogen and oxygen atoms in total. The minimum atomic E-state index is -0.787. The molecule has 1 aliphatic heterocycles. The zero-order valence-electron chi connectivity index (χ0n) is 20.4. The molecule has 1 aliphatic carbocycles. The number of pyridine rings is 1. The van der Waals surface area contributed by atoms with E-state index in [1.54, 1.807) is 4.57 Å². The van der Waals surface area contributed by atoms with Gasteiger partial charge in [0.2, 0.25) is 11.4 Å². The molecule has 2 aromatic heterocycles. The minimum Gasteiger partial charge on any atom is -0.394 e. The maximum absolute atomic E-state index is 13.0. The number of benzene rings is 2. The topological polar surface area (TPSA) is 126 Å². The fraction of sp³-hybridized carbons (Fsp3) is 0.286. The second-order valence-corrected chi connectivity index (χ2v) is 9.69. The van der Waals surface area contributed by atoms with E-state index in [9.17, 15) is 14.7 Å². The molecule has 0 saturated carbocycles. The summed E-state index contributed by atoms with van der Waals surface area (Å²) in [4.78, 5) is 36.3. The summed E-state index contributed by atoms with van der Waals surface area (Å²) in [6, 6.07) is 14.2. The second-order valence-electron chi connectivity index (χ2n) is 9.69. The van der Waals surface area contributed by atoms with E-state index in [0.29, 0.717) is 11.6 Å². The van der Waals surface area contributed by atoms with Crippen molar-refractivity contribution in [3.63, 3.8) is 0 Å². The Labute approximate surface area is 213 Å². The molecular weight excluding hydrogens is 468 g/mol. The molecule has 4 N–H and O–H groups in total. The summed E-state index contributed by atoms with van der Waals surface area (Å²) < 4.78 is 1.74. The summed E-state index contributed by atoms with van der Waals surface area (Å²) in [5, 5.41) is 13.1. The average molecular weight is 497 g/mol. The Morgan fingerprint density at radius 2 is 1.86 bits per heavy atom. The largest absolute Gasteiger partial charge is 0.394 e. The minimum absolute atomic E-state index is 0.101. The quantitative estimate of drug-likeness (QED) is 0.374. The van der Waals surface area contributed by atoms with Crippen molar-refractivity contribution >= 4 is 34.3 Å². The van der Waals surface area contributed by atoms with Crippen LogP contribution in [0, 0.1) is 0 Å². The van der Waals surface area contributed by atoms with Crippen molar-refractivity contribution in [3.8, 4) is 5.69 Å². The summed E-state index contributed by atoms with van der Waals surface area (Å²) in [6.07, 6.45) is 8.14. The summed E-state index contributed by atoms with van der Waals surface area (Å²) in [5.41, 5.74) is 10.6. The average Bonchev–Trinajstić information content (AvgIpc) is 3.58. The van der Waals surface area contributed by atoms with Gasteiger partial charge in [-0.05, 0) is 79.6 Å². The normalized spacial score (nSPS) is 16.8. The lowest BCUT2D eigenvalue weighted by Gasteiger charge is -2.25. The van der Waals surface area contributed by atoms with Gasteiger partial charge in [0.1, 0.15) is 5.56 Å². The van der Waals surface area contributed by atoms with E-state index in [4.69, 9.17) is 5.73 Å². The number of aliphatic hydroxyl groups excluding tert-OH is 1. The Morgan fingerprint density at radius 3 is 2.65 bits per heavy atom. The molecule has 6 rings (SSSR count).